The standard InChI is InChI=1S/C31H38N4O4/c1-18(2)9-14-29-33-26-15-20(10-13-28(26)35(29)21-7-5-4-6-8-21)30(37)34-27(31(38)39)17-23-19(3)32-25-12-11-22(36)16-24(23)25/h10-13,15-16,18,21,27,32,36H,4-9,14,17H2,1-3H3,(H,34,37)(H,38,39)/t27-/m0/s1. The number of aryl methyl sites for hydroxylation is 2. The number of carbonyl (C=O) groups is 2. The molecule has 4 N–H and O–H groups in total. The van der Waals surface area contributed by atoms with Gasteiger partial charge in [0.25, 0.3) is 5.91 Å². The molecule has 4 aromatic rings. The van der Waals surface area contributed by atoms with E-state index in [1.54, 1.807) is 30.3 Å². The molecule has 5 rings (SSSR count). The van der Waals surface area contributed by atoms with Crippen LogP contribution in [-0.2, 0) is 17.6 Å². The number of rotatable bonds is 9. The molecule has 1 fully saturated rings. The molecule has 1 amide bonds. The van der Waals surface area contributed by atoms with Crippen LogP contribution in [0.4, 0.5) is 0 Å². The number of fused-ring (bicyclic) bond motifs is 2. The molecule has 206 valence electrons. The zero-order valence-electron chi connectivity index (χ0n) is 23.0. The van der Waals surface area contributed by atoms with Crippen LogP contribution in [0.5, 0.6) is 5.75 Å². The SMILES string of the molecule is Cc1[nH]c2ccc(O)cc2c1C[C@H](NC(=O)c1ccc2c(c1)nc(CCC(C)C)n2C1CCCCC1)C(=O)O. The number of H-pyrrole nitrogens is 1. The highest BCUT2D eigenvalue weighted by Crippen LogP contribution is 2.33. The fraction of sp³-hybridized carbons (Fsp3) is 0.452. The summed E-state index contributed by atoms with van der Waals surface area (Å²) in [6.07, 6.45) is 8.05. The molecule has 0 saturated heterocycles. The first-order valence-electron chi connectivity index (χ1n) is 14.1. The lowest BCUT2D eigenvalue weighted by molar-refractivity contribution is -0.139. The molecular weight excluding hydrogens is 492 g/mol. The van der Waals surface area contributed by atoms with Crippen molar-refractivity contribution in [2.24, 2.45) is 5.92 Å². The molecule has 0 spiro atoms. The second-order valence-corrected chi connectivity index (χ2v) is 11.4. The lowest BCUT2D eigenvalue weighted by Gasteiger charge is -2.26. The Labute approximate surface area is 228 Å². The number of phenols is 1. The van der Waals surface area contributed by atoms with E-state index >= 15 is 0 Å². The highest BCUT2D eigenvalue weighted by molar-refractivity contribution is 5.99. The van der Waals surface area contributed by atoms with Crippen molar-refractivity contribution in [3.8, 4) is 5.75 Å². The molecule has 1 atom stereocenters. The zero-order valence-corrected chi connectivity index (χ0v) is 23.0. The van der Waals surface area contributed by atoms with Gasteiger partial charge in [-0.05, 0) is 74.1 Å². The Hall–Kier alpha value is -3.81. The number of hydrogen-bond donors (Lipinski definition) is 4. The first-order valence-corrected chi connectivity index (χ1v) is 14.1. The molecule has 2 aromatic heterocycles. The monoisotopic (exact) mass is 530 g/mol. The van der Waals surface area contributed by atoms with Crippen molar-refractivity contribution in [2.75, 3.05) is 0 Å². The van der Waals surface area contributed by atoms with Crippen LogP contribution in [-0.4, -0.2) is 42.7 Å². The van der Waals surface area contributed by atoms with Crippen LogP contribution in [0.15, 0.2) is 36.4 Å². The Bertz CT molecular complexity index is 1510. The normalized spacial score (nSPS) is 15.3. The van der Waals surface area contributed by atoms with Crippen molar-refractivity contribution in [1.29, 1.82) is 0 Å². The maximum absolute atomic E-state index is 13.3. The number of imidazole rings is 1. The van der Waals surface area contributed by atoms with Crippen LogP contribution in [0.25, 0.3) is 21.9 Å². The molecule has 8 nitrogen and oxygen atoms in total. The van der Waals surface area contributed by atoms with E-state index in [-0.39, 0.29) is 12.2 Å². The van der Waals surface area contributed by atoms with Gasteiger partial charge < -0.3 is 25.1 Å². The number of benzene rings is 2. The number of aromatic nitrogens is 3. The first-order chi connectivity index (χ1) is 18.7. The topological polar surface area (TPSA) is 120 Å². The molecule has 39 heavy (non-hydrogen) atoms. The van der Waals surface area contributed by atoms with Crippen LogP contribution in [0.3, 0.4) is 0 Å². The minimum atomic E-state index is -1.13. The molecule has 0 radical (unpaired) electrons. The number of carboxylic acid groups (broad SMARTS) is 1. The second kappa shape index (κ2) is 11.1. The van der Waals surface area contributed by atoms with Crippen molar-refractivity contribution >= 4 is 33.8 Å². The Kier molecular flexibility index (Phi) is 7.64. The number of nitrogens with zero attached hydrogens (tertiary/aromatic N) is 2. The summed E-state index contributed by atoms with van der Waals surface area (Å²) < 4.78 is 2.40. The van der Waals surface area contributed by atoms with Gasteiger partial charge >= 0.3 is 5.97 Å². The number of carboxylic acids is 1. The highest BCUT2D eigenvalue weighted by atomic mass is 16.4. The quantitative estimate of drug-likeness (QED) is 0.210. The van der Waals surface area contributed by atoms with E-state index in [1.165, 1.54) is 19.3 Å². The predicted octanol–water partition coefficient (Wildman–Crippen LogP) is 6.05. The summed E-state index contributed by atoms with van der Waals surface area (Å²) >= 11 is 0. The number of hydrogen-bond acceptors (Lipinski definition) is 4. The summed E-state index contributed by atoms with van der Waals surface area (Å²) in [5.74, 6) is 0.192. The van der Waals surface area contributed by atoms with E-state index in [2.05, 4.69) is 28.7 Å². The van der Waals surface area contributed by atoms with Gasteiger partial charge in [0, 0.05) is 41.0 Å². The summed E-state index contributed by atoms with van der Waals surface area (Å²) in [5.41, 5.74) is 4.58. The van der Waals surface area contributed by atoms with Crippen LogP contribution < -0.4 is 5.32 Å². The molecule has 1 aliphatic carbocycles. The molecule has 0 unspecified atom stereocenters. The van der Waals surface area contributed by atoms with Gasteiger partial charge in [-0.3, -0.25) is 4.79 Å². The third-order valence-corrected chi connectivity index (χ3v) is 8.02. The molecular formula is C31H38N4O4. The molecule has 1 aliphatic rings. The van der Waals surface area contributed by atoms with Crippen LogP contribution >= 0.6 is 0 Å². The lowest BCUT2D eigenvalue weighted by Crippen LogP contribution is -2.42. The number of phenolic OH excluding ortho intramolecular Hbond substituents is 1. The molecule has 0 aliphatic heterocycles. The largest absolute Gasteiger partial charge is 0.508 e. The van der Waals surface area contributed by atoms with E-state index in [1.807, 2.05) is 13.0 Å². The van der Waals surface area contributed by atoms with Gasteiger partial charge in [-0.2, -0.15) is 0 Å². The Morgan fingerprint density at radius 2 is 1.90 bits per heavy atom. The van der Waals surface area contributed by atoms with E-state index in [4.69, 9.17) is 4.98 Å². The van der Waals surface area contributed by atoms with Crippen molar-refractivity contribution in [1.82, 2.24) is 19.9 Å². The van der Waals surface area contributed by atoms with E-state index in [0.717, 1.165) is 64.7 Å². The molecule has 2 aromatic carbocycles. The van der Waals surface area contributed by atoms with Gasteiger partial charge in [0.2, 0.25) is 0 Å². The van der Waals surface area contributed by atoms with E-state index < -0.39 is 17.9 Å². The maximum Gasteiger partial charge on any atom is 0.326 e. The Morgan fingerprint density at radius 1 is 1.13 bits per heavy atom. The average molecular weight is 531 g/mol. The average Bonchev–Trinajstić information content (AvgIpc) is 3.43. The first kappa shape index (κ1) is 26.8. The van der Waals surface area contributed by atoms with Crippen molar-refractivity contribution in [3.63, 3.8) is 0 Å². The van der Waals surface area contributed by atoms with Gasteiger partial charge in [0.15, 0.2) is 0 Å². The van der Waals surface area contributed by atoms with Crippen LogP contribution in [0.2, 0.25) is 0 Å². The molecule has 2 heterocycles. The summed E-state index contributed by atoms with van der Waals surface area (Å²) in [6, 6.07) is 9.78. The molecule has 8 heteroatoms. The smallest absolute Gasteiger partial charge is 0.326 e. The molecule has 0 bridgehead atoms. The number of aliphatic carboxylic acids is 1. The molecule has 1 saturated carbocycles. The van der Waals surface area contributed by atoms with Crippen molar-refractivity contribution in [2.45, 2.75) is 84.2 Å². The predicted molar refractivity (Wildman–Crippen MR) is 152 cm³/mol. The van der Waals surface area contributed by atoms with Gasteiger partial charge in [-0.15, -0.1) is 0 Å². The van der Waals surface area contributed by atoms with Gasteiger partial charge in [-0.25, -0.2) is 9.78 Å². The number of aromatic hydroxyl groups is 1. The summed E-state index contributed by atoms with van der Waals surface area (Å²) in [7, 11) is 0. The Morgan fingerprint density at radius 3 is 2.62 bits per heavy atom. The van der Waals surface area contributed by atoms with Gasteiger partial charge in [-0.1, -0.05) is 33.1 Å². The summed E-state index contributed by atoms with van der Waals surface area (Å²) in [4.78, 5) is 33.7. The lowest BCUT2D eigenvalue weighted by atomic mass is 9.94. The third-order valence-electron chi connectivity index (χ3n) is 8.02. The third kappa shape index (κ3) is 5.65. The fourth-order valence-corrected chi connectivity index (χ4v) is 5.91. The van der Waals surface area contributed by atoms with Gasteiger partial charge in [0.1, 0.15) is 17.6 Å². The Balaban J connectivity index is 1.41. The van der Waals surface area contributed by atoms with Crippen LogP contribution in [0.1, 0.15) is 85.9 Å². The van der Waals surface area contributed by atoms with E-state index in [0.29, 0.717) is 17.5 Å². The fourth-order valence-electron chi connectivity index (χ4n) is 5.91. The number of amides is 1. The van der Waals surface area contributed by atoms with Crippen molar-refractivity contribution < 1.29 is 19.8 Å². The van der Waals surface area contributed by atoms with E-state index in [9.17, 15) is 19.8 Å². The number of aromatic amines is 1. The minimum Gasteiger partial charge on any atom is -0.508 e. The highest BCUT2D eigenvalue weighted by Gasteiger charge is 2.26. The van der Waals surface area contributed by atoms with Gasteiger partial charge in [0.05, 0.1) is 11.0 Å². The van der Waals surface area contributed by atoms with Crippen LogP contribution in [0, 0.1) is 12.8 Å². The summed E-state index contributed by atoms with van der Waals surface area (Å²) in [5, 5.41) is 23.4. The second-order valence-electron chi connectivity index (χ2n) is 11.4. The maximum atomic E-state index is 13.3. The van der Waals surface area contributed by atoms with Crippen molar-refractivity contribution in [3.05, 3.63) is 59.0 Å². The number of nitrogens with one attached hydrogen (secondary N) is 2. The number of carbonyl (C=O) groups excluding carboxylic acids is 1. The zero-order chi connectivity index (χ0) is 27.7. The minimum absolute atomic E-state index is 0.0915. The summed E-state index contributed by atoms with van der Waals surface area (Å²) in [6.45, 7) is 6.30.